The van der Waals surface area contributed by atoms with Crippen molar-refractivity contribution in [1.82, 2.24) is 0 Å². The summed E-state index contributed by atoms with van der Waals surface area (Å²) in [4.78, 5) is 12.2. The molecular weight excluding hydrogens is 352 g/mol. The SMILES string of the molecule is C=C[C@@]1(CC)C[C@H](C)[C@]23CCC(CO)C2[C@@](C)([C@H](C)CC3)[C@H](OC(=O)CO)C1. The van der Waals surface area contributed by atoms with Gasteiger partial charge in [-0.3, -0.25) is 0 Å². The molecule has 0 aromatic heterocycles. The van der Waals surface area contributed by atoms with E-state index in [-0.39, 0.29) is 34.9 Å². The highest BCUT2D eigenvalue weighted by Crippen LogP contribution is 2.70. The van der Waals surface area contributed by atoms with Crippen LogP contribution in [0.15, 0.2) is 12.7 Å². The first-order valence-electron chi connectivity index (χ1n) is 11.3. The molecule has 3 aliphatic carbocycles. The van der Waals surface area contributed by atoms with Crippen LogP contribution in [0.5, 0.6) is 0 Å². The van der Waals surface area contributed by atoms with Gasteiger partial charge in [0.25, 0.3) is 0 Å². The molecule has 2 unspecified atom stereocenters. The second-order valence-corrected chi connectivity index (χ2v) is 10.4. The summed E-state index contributed by atoms with van der Waals surface area (Å²) < 4.78 is 6.01. The van der Waals surface area contributed by atoms with Crippen molar-refractivity contribution in [2.45, 2.75) is 78.7 Å². The molecule has 0 radical (unpaired) electrons. The Bertz CT molecular complexity index is 603. The minimum Gasteiger partial charge on any atom is -0.460 e. The number of hydrogen-bond donors (Lipinski definition) is 2. The van der Waals surface area contributed by atoms with Crippen LogP contribution in [0.2, 0.25) is 0 Å². The third kappa shape index (κ3) is 3.06. The Morgan fingerprint density at radius 3 is 2.43 bits per heavy atom. The van der Waals surface area contributed by atoms with E-state index < -0.39 is 12.6 Å². The first-order valence-corrected chi connectivity index (χ1v) is 11.3. The van der Waals surface area contributed by atoms with Crippen molar-refractivity contribution in [3.8, 4) is 0 Å². The molecule has 8 atom stereocenters. The Morgan fingerprint density at radius 2 is 1.86 bits per heavy atom. The predicted molar refractivity (Wildman–Crippen MR) is 111 cm³/mol. The van der Waals surface area contributed by atoms with Gasteiger partial charge in [0.1, 0.15) is 12.7 Å². The maximum absolute atomic E-state index is 12.2. The van der Waals surface area contributed by atoms with Crippen molar-refractivity contribution in [2.75, 3.05) is 13.2 Å². The summed E-state index contributed by atoms with van der Waals surface area (Å²) in [5.74, 6) is 1.03. The molecule has 0 aliphatic heterocycles. The van der Waals surface area contributed by atoms with Gasteiger partial charge in [0.05, 0.1) is 0 Å². The van der Waals surface area contributed by atoms with Crippen LogP contribution in [-0.4, -0.2) is 35.5 Å². The smallest absolute Gasteiger partial charge is 0.332 e. The molecule has 160 valence electrons. The highest BCUT2D eigenvalue weighted by atomic mass is 16.6. The van der Waals surface area contributed by atoms with E-state index in [4.69, 9.17) is 4.74 Å². The Morgan fingerprint density at radius 1 is 1.18 bits per heavy atom. The zero-order valence-corrected chi connectivity index (χ0v) is 18.2. The molecule has 2 N–H and O–H groups in total. The van der Waals surface area contributed by atoms with E-state index in [0.717, 1.165) is 38.5 Å². The van der Waals surface area contributed by atoms with Crippen LogP contribution in [0.25, 0.3) is 0 Å². The van der Waals surface area contributed by atoms with Crippen LogP contribution in [0, 0.1) is 39.9 Å². The average molecular weight is 393 g/mol. The topological polar surface area (TPSA) is 66.8 Å². The number of rotatable bonds is 5. The van der Waals surface area contributed by atoms with Gasteiger partial charge in [-0.05, 0) is 79.4 Å². The number of carbonyl (C=O) groups is 1. The van der Waals surface area contributed by atoms with Crippen molar-refractivity contribution in [3.05, 3.63) is 12.7 Å². The molecule has 3 aliphatic rings. The van der Waals surface area contributed by atoms with E-state index in [1.807, 2.05) is 0 Å². The van der Waals surface area contributed by atoms with Crippen LogP contribution in [-0.2, 0) is 9.53 Å². The number of hydrogen-bond acceptors (Lipinski definition) is 4. The summed E-state index contributed by atoms with van der Waals surface area (Å²) in [6, 6.07) is 0. The molecule has 3 saturated carbocycles. The first-order chi connectivity index (χ1) is 13.2. The molecular formula is C24H40O4. The summed E-state index contributed by atoms with van der Waals surface area (Å²) in [5, 5.41) is 19.7. The Labute approximate surface area is 170 Å². The maximum atomic E-state index is 12.2. The van der Waals surface area contributed by atoms with Gasteiger partial charge in [-0.15, -0.1) is 6.58 Å². The average Bonchev–Trinajstić information content (AvgIpc) is 3.09. The summed E-state index contributed by atoms with van der Waals surface area (Å²) in [6.07, 6.45) is 9.18. The molecule has 28 heavy (non-hydrogen) atoms. The summed E-state index contributed by atoms with van der Waals surface area (Å²) in [6.45, 7) is 13.0. The third-order valence-electron chi connectivity index (χ3n) is 9.60. The highest BCUT2D eigenvalue weighted by Gasteiger charge is 2.66. The molecule has 0 aromatic carbocycles. The van der Waals surface area contributed by atoms with Gasteiger partial charge < -0.3 is 14.9 Å². The summed E-state index contributed by atoms with van der Waals surface area (Å²) >= 11 is 0. The lowest BCUT2D eigenvalue weighted by Gasteiger charge is -2.62. The standard InChI is InChI=1S/C24H40O4/c1-6-23(7-2)12-17(4)24-10-8-16(3)22(5,19(13-23)28-20(27)15-26)21(24)18(14-25)9-11-24/h6,16-19,21,25-26H,1,7-15H2,2-5H3/t16-,17+,18?,19-,21?,22+,23-,24+/m1/s1. The van der Waals surface area contributed by atoms with Gasteiger partial charge in [0.15, 0.2) is 0 Å². The van der Waals surface area contributed by atoms with Gasteiger partial charge in [-0.1, -0.05) is 33.8 Å². The van der Waals surface area contributed by atoms with Crippen molar-refractivity contribution >= 4 is 5.97 Å². The van der Waals surface area contributed by atoms with E-state index in [1.54, 1.807) is 0 Å². The largest absolute Gasteiger partial charge is 0.460 e. The van der Waals surface area contributed by atoms with Crippen LogP contribution < -0.4 is 0 Å². The van der Waals surface area contributed by atoms with E-state index in [9.17, 15) is 15.0 Å². The fraction of sp³-hybridized carbons (Fsp3) is 0.875. The van der Waals surface area contributed by atoms with E-state index in [1.165, 1.54) is 6.42 Å². The summed E-state index contributed by atoms with van der Waals surface area (Å²) in [7, 11) is 0. The zero-order chi connectivity index (χ0) is 20.7. The molecule has 4 nitrogen and oxygen atoms in total. The fourth-order valence-corrected chi connectivity index (χ4v) is 7.72. The quantitative estimate of drug-likeness (QED) is 0.539. The Kier molecular flexibility index (Phi) is 6.05. The van der Waals surface area contributed by atoms with Gasteiger partial charge >= 0.3 is 5.97 Å². The first kappa shape index (κ1) is 21.8. The lowest BCUT2D eigenvalue weighted by Crippen LogP contribution is -2.60. The number of allylic oxidation sites excluding steroid dienone is 1. The second-order valence-electron chi connectivity index (χ2n) is 10.4. The van der Waals surface area contributed by atoms with E-state index in [0.29, 0.717) is 17.8 Å². The van der Waals surface area contributed by atoms with E-state index >= 15 is 0 Å². The molecule has 0 heterocycles. The third-order valence-corrected chi connectivity index (χ3v) is 9.60. The zero-order valence-electron chi connectivity index (χ0n) is 18.2. The molecule has 0 aromatic rings. The van der Waals surface area contributed by atoms with Crippen molar-refractivity contribution < 1.29 is 19.7 Å². The molecule has 4 heteroatoms. The highest BCUT2D eigenvalue weighted by molar-refractivity contribution is 5.70. The number of carbonyl (C=O) groups excluding carboxylic acids is 1. The summed E-state index contributed by atoms with van der Waals surface area (Å²) in [5.41, 5.74) is -0.0686. The van der Waals surface area contributed by atoms with Crippen molar-refractivity contribution in [3.63, 3.8) is 0 Å². The number of aliphatic hydroxyl groups excluding tert-OH is 2. The Balaban J connectivity index is 2.18. The van der Waals surface area contributed by atoms with Gasteiger partial charge in [-0.2, -0.15) is 0 Å². The normalized spacial score (nSPS) is 48.3. The van der Waals surface area contributed by atoms with Gasteiger partial charge in [0, 0.05) is 12.0 Å². The second kappa shape index (κ2) is 7.75. The minimum absolute atomic E-state index is 0.0621. The predicted octanol–water partition coefficient (Wildman–Crippen LogP) is 4.34. The monoisotopic (exact) mass is 392 g/mol. The lowest BCUT2D eigenvalue weighted by atomic mass is 9.43. The fourth-order valence-electron chi connectivity index (χ4n) is 7.72. The lowest BCUT2D eigenvalue weighted by molar-refractivity contribution is -0.201. The molecule has 3 fully saturated rings. The van der Waals surface area contributed by atoms with Crippen LogP contribution in [0.4, 0.5) is 0 Å². The van der Waals surface area contributed by atoms with Gasteiger partial charge in [0.2, 0.25) is 0 Å². The Hall–Kier alpha value is -0.870. The molecule has 0 amide bonds. The van der Waals surface area contributed by atoms with Crippen LogP contribution in [0.1, 0.15) is 72.6 Å². The number of aliphatic hydroxyl groups is 2. The van der Waals surface area contributed by atoms with Crippen molar-refractivity contribution in [1.29, 1.82) is 0 Å². The molecule has 0 spiro atoms. The van der Waals surface area contributed by atoms with Crippen molar-refractivity contribution in [2.24, 2.45) is 39.9 Å². The molecule has 2 bridgehead atoms. The number of esters is 1. The van der Waals surface area contributed by atoms with Crippen LogP contribution in [0.3, 0.4) is 0 Å². The van der Waals surface area contributed by atoms with Crippen LogP contribution >= 0.6 is 0 Å². The minimum atomic E-state index is -0.580. The number of ether oxygens (including phenoxy) is 1. The maximum Gasteiger partial charge on any atom is 0.332 e. The molecule has 3 rings (SSSR count). The molecule has 0 saturated heterocycles. The van der Waals surface area contributed by atoms with E-state index in [2.05, 4.69) is 40.3 Å². The van der Waals surface area contributed by atoms with Gasteiger partial charge in [-0.25, -0.2) is 4.79 Å².